The lowest BCUT2D eigenvalue weighted by molar-refractivity contribution is 0.372. The van der Waals surface area contributed by atoms with Gasteiger partial charge in [-0.2, -0.15) is 4.98 Å². The number of nitrogens with zero attached hydrogens (tertiary/aromatic N) is 3. The van der Waals surface area contributed by atoms with Crippen molar-refractivity contribution in [3.8, 4) is 0 Å². The molecule has 1 atom stereocenters. The minimum Gasteiger partial charge on any atom is -0.357 e. The SMILES string of the molecule is CCNC(=NCCc1nc(C(C)C)no1)NC(C)c1ccc(Cl)cc1.I. The second-order valence-corrected chi connectivity index (χ2v) is 6.57. The first-order valence-corrected chi connectivity index (χ1v) is 9.00. The van der Waals surface area contributed by atoms with Crippen molar-refractivity contribution in [3.05, 3.63) is 46.6 Å². The lowest BCUT2D eigenvalue weighted by Crippen LogP contribution is -2.38. The molecule has 8 heteroatoms. The van der Waals surface area contributed by atoms with Crippen LogP contribution in [0.25, 0.3) is 0 Å². The first-order chi connectivity index (χ1) is 12.0. The highest BCUT2D eigenvalue weighted by Gasteiger charge is 2.10. The molecule has 0 aliphatic rings. The maximum Gasteiger partial charge on any atom is 0.228 e. The molecule has 0 radical (unpaired) electrons. The summed E-state index contributed by atoms with van der Waals surface area (Å²) >= 11 is 5.94. The van der Waals surface area contributed by atoms with Gasteiger partial charge in [-0.25, -0.2) is 0 Å². The Balaban J connectivity index is 0.00000338. The predicted octanol–water partition coefficient (Wildman–Crippen LogP) is 4.32. The van der Waals surface area contributed by atoms with E-state index in [0.717, 1.165) is 28.9 Å². The number of rotatable bonds is 7. The molecule has 0 aliphatic heterocycles. The molecule has 1 unspecified atom stereocenters. The van der Waals surface area contributed by atoms with Gasteiger partial charge in [-0.3, -0.25) is 4.99 Å². The van der Waals surface area contributed by atoms with Crippen LogP contribution in [-0.2, 0) is 6.42 Å². The lowest BCUT2D eigenvalue weighted by atomic mass is 10.1. The highest BCUT2D eigenvalue weighted by Crippen LogP contribution is 2.16. The number of hydrogen-bond acceptors (Lipinski definition) is 4. The second kappa shape index (κ2) is 11.4. The molecule has 0 saturated heterocycles. The summed E-state index contributed by atoms with van der Waals surface area (Å²) in [6.45, 7) is 9.57. The summed E-state index contributed by atoms with van der Waals surface area (Å²) in [6, 6.07) is 7.92. The number of aliphatic imine (C=N–C) groups is 1. The first kappa shape index (κ1) is 22.7. The molecule has 0 fully saturated rings. The normalized spacial score (nSPS) is 12.6. The average Bonchev–Trinajstić information content (AvgIpc) is 3.05. The molecule has 0 amide bonds. The molecule has 0 aliphatic carbocycles. The zero-order valence-corrected chi connectivity index (χ0v) is 18.7. The van der Waals surface area contributed by atoms with Crippen LogP contribution in [0.2, 0.25) is 5.02 Å². The number of hydrogen-bond donors (Lipinski definition) is 2. The van der Waals surface area contributed by atoms with Gasteiger partial charge in [0.25, 0.3) is 0 Å². The fourth-order valence-corrected chi connectivity index (χ4v) is 2.35. The number of benzene rings is 1. The summed E-state index contributed by atoms with van der Waals surface area (Å²) in [5.74, 6) is 2.38. The van der Waals surface area contributed by atoms with E-state index in [1.807, 2.05) is 45.0 Å². The zero-order chi connectivity index (χ0) is 18.2. The van der Waals surface area contributed by atoms with Gasteiger partial charge in [0, 0.05) is 23.9 Å². The highest BCUT2D eigenvalue weighted by molar-refractivity contribution is 14.0. The van der Waals surface area contributed by atoms with Crippen LogP contribution in [0.15, 0.2) is 33.8 Å². The standard InChI is InChI=1S/C18H26ClN5O.HI/c1-5-20-18(22-13(4)14-6-8-15(19)9-7-14)21-11-10-16-23-17(12(2)3)24-25-16;/h6-9,12-13H,5,10-11H2,1-4H3,(H2,20,21,22);1H. The van der Waals surface area contributed by atoms with Crippen LogP contribution in [0, 0.1) is 0 Å². The summed E-state index contributed by atoms with van der Waals surface area (Å²) in [5.41, 5.74) is 1.15. The Morgan fingerprint density at radius 3 is 2.50 bits per heavy atom. The van der Waals surface area contributed by atoms with Gasteiger partial charge in [0.15, 0.2) is 11.8 Å². The summed E-state index contributed by atoms with van der Waals surface area (Å²) < 4.78 is 5.25. The van der Waals surface area contributed by atoms with Gasteiger partial charge < -0.3 is 15.2 Å². The van der Waals surface area contributed by atoms with Gasteiger partial charge in [-0.15, -0.1) is 24.0 Å². The molecule has 2 aromatic rings. The summed E-state index contributed by atoms with van der Waals surface area (Å²) in [5, 5.41) is 11.3. The van der Waals surface area contributed by atoms with Crippen LogP contribution in [0.5, 0.6) is 0 Å². The Hall–Kier alpha value is -1.35. The van der Waals surface area contributed by atoms with E-state index in [2.05, 4.69) is 32.7 Å². The van der Waals surface area contributed by atoms with Crippen molar-refractivity contribution in [3.63, 3.8) is 0 Å². The van der Waals surface area contributed by atoms with E-state index in [9.17, 15) is 0 Å². The third-order valence-corrected chi connectivity index (χ3v) is 3.92. The van der Waals surface area contributed by atoms with E-state index in [1.54, 1.807) is 0 Å². The largest absolute Gasteiger partial charge is 0.357 e. The van der Waals surface area contributed by atoms with Gasteiger partial charge in [0.05, 0.1) is 12.6 Å². The molecule has 0 spiro atoms. The summed E-state index contributed by atoms with van der Waals surface area (Å²) in [6.07, 6.45) is 0.617. The third kappa shape index (κ3) is 7.11. The van der Waals surface area contributed by atoms with Crippen molar-refractivity contribution >= 4 is 41.5 Å². The molecule has 2 rings (SSSR count). The van der Waals surface area contributed by atoms with Crippen molar-refractivity contribution in [2.24, 2.45) is 4.99 Å². The van der Waals surface area contributed by atoms with E-state index < -0.39 is 0 Å². The van der Waals surface area contributed by atoms with Crippen LogP contribution >= 0.6 is 35.6 Å². The smallest absolute Gasteiger partial charge is 0.228 e. The van der Waals surface area contributed by atoms with Gasteiger partial charge >= 0.3 is 0 Å². The minimum atomic E-state index is 0. The molecule has 1 aromatic heterocycles. The van der Waals surface area contributed by atoms with Crippen LogP contribution in [-0.4, -0.2) is 29.2 Å². The van der Waals surface area contributed by atoms with Crippen LogP contribution in [0.1, 0.15) is 56.9 Å². The van der Waals surface area contributed by atoms with E-state index in [0.29, 0.717) is 18.9 Å². The fourth-order valence-electron chi connectivity index (χ4n) is 2.23. The molecule has 2 N–H and O–H groups in total. The van der Waals surface area contributed by atoms with E-state index in [1.165, 1.54) is 0 Å². The molecular formula is C18H27ClIN5O. The fraction of sp³-hybridized carbons (Fsp3) is 0.500. The van der Waals surface area contributed by atoms with Crippen LogP contribution < -0.4 is 10.6 Å². The van der Waals surface area contributed by atoms with Crippen molar-refractivity contribution < 1.29 is 4.52 Å². The Bertz CT molecular complexity index is 687. The third-order valence-electron chi connectivity index (χ3n) is 3.66. The van der Waals surface area contributed by atoms with Gasteiger partial charge in [0.2, 0.25) is 5.89 Å². The first-order valence-electron chi connectivity index (χ1n) is 8.62. The Labute approximate surface area is 177 Å². The number of guanidine groups is 1. The van der Waals surface area contributed by atoms with Crippen LogP contribution in [0.4, 0.5) is 0 Å². The number of aromatic nitrogens is 2. The topological polar surface area (TPSA) is 75.3 Å². The number of halogens is 2. The predicted molar refractivity (Wildman–Crippen MR) is 116 cm³/mol. The minimum absolute atomic E-state index is 0. The number of nitrogens with one attached hydrogen (secondary N) is 2. The van der Waals surface area contributed by atoms with Crippen molar-refractivity contribution in [1.82, 2.24) is 20.8 Å². The van der Waals surface area contributed by atoms with Gasteiger partial charge in [0.1, 0.15) is 0 Å². The average molecular weight is 492 g/mol. The van der Waals surface area contributed by atoms with Crippen molar-refractivity contribution in [2.75, 3.05) is 13.1 Å². The van der Waals surface area contributed by atoms with Gasteiger partial charge in [-0.05, 0) is 31.5 Å². The molecule has 6 nitrogen and oxygen atoms in total. The molecular weight excluding hydrogens is 465 g/mol. The second-order valence-electron chi connectivity index (χ2n) is 6.13. The molecule has 144 valence electrons. The zero-order valence-electron chi connectivity index (χ0n) is 15.6. The molecule has 1 heterocycles. The summed E-state index contributed by atoms with van der Waals surface area (Å²) in [4.78, 5) is 8.96. The quantitative estimate of drug-likeness (QED) is 0.343. The maximum atomic E-state index is 5.94. The van der Waals surface area contributed by atoms with Crippen LogP contribution in [0.3, 0.4) is 0 Å². The maximum absolute atomic E-state index is 5.94. The van der Waals surface area contributed by atoms with Crippen molar-refractivity contribution in [2.45, 2.75) is 46.1 Å². The Morgan fingerprint density at radius 2 is 1.92 bits per heavy atom. The Morgan fingerprint density at radius 1 is 1.23 bits per heavy atom. The highest BCUT2D eigenvalue weighted by atomic mass is 127. The summed E-state index contributed by atoms with van der Waals surface area (Å²) in [7, 11) is 0. The lowest BCUT2D eigenvalue weighted by Gasteiger charge is -2.18. The monoisotopic (exact) mass is 491 g/mol. The van der Waals surface area contributed by atoms with Gasteiger partial charge in [-0.1, -0.05) is 42.7 Å². The molecule has 0 bridgehead atoms. The van der Waals surface area contributed by atoms with E-state index in [4.69, 9.17) is 16.1 Å². The van der Waals surface area contributed by atoms with Crippen molar-refractivity contribution in [1.29, 1.82) is 0 Å². The van der Waals surface area contributed by atoms with E-state index >= 15 is 0 Å². The molecule has 0 saturated carbocycles. The Kier molecular flexibility index (Phi) is 9.93. The van der Waals surface area contributed by atoms with E-state index in [-0.39, 0.29) is 35.9 Å². The molecule has 26 heavy (non-hydrogen) atoms. The molecule has 1 aromatic carbocycles.